The van der Waals surface area contributed by atoms with E-state index in [1.54, 1.807) is 0 Å². The van der Waals surface area contributed by atoms with Gasteiger partial charge < -0.3 is 10.4 Å². The molecule has 1 aliphatic rings. The summed E-state index contributed by atoms with van der Waals surface area (Å²) >= 11 is 12.9. The molecule has 1 saturated carbocycles. The van der Waals surface area contributed by atoms with Gasteiger partial charge in [-0.25, -0.2) is 0 Å². The lowest BCUT2D eigenvalue weighted by atomic mass is 10.0. The smallest absolute Gasteiger partial charge is 0.416 e. The van der Waals surface area contributed by atoms with Crippen LogP contribution < -0.4 is 10.2 Å². The highest BCUT2D eigenvalue weighted by atomic mass is 35.5. The van der Waals surface area contributed by atoms with Crippen LogP contribution in [0.1, 0.15) is 53.3 Å². The van der Waals surface area contributed by atoms with Crippen LogP contribution in [-0.2, 0) is 11.0 Å². The molecule has 4 rings (SSSR count). The van der Waals surface area contributed by atoms with Crippen LogP contribution in [-0.4, -0.2) is 27.3 Å². The first-order chi connectivity index (χ1) is 17.1. The Morgan fingerprint density at radius 2 is 1.78 bits per heavy atom. The molecular weight excluding hydrogens is 538 g/mol. The Kier molecular flexibility index (Phi) is 7.77. The van der Waals surface area contributed by atoms with Crippen LogP contribution in [0.5, 0.6) is 5.75 Å². The summed E-state index contributed by atoms with van der Waals surface area (Å²) in [4.78, 5) is 28.4. The molecule has 6 nitrogen and oxygen atoms in total. The Labute approximate surface area is 218 Å². The van der Waals surface area contributed by atoms with Gasteiger partial charge in [0.25, 0.3) is 5.91 Å². The normalized spacial score (nSPS) is 15.0. The van der Waals surface area contributed by atoms with Gasteiger partial charge in [0.2, 0.25) is 5.91 Å². The molecular formula is C24H20Cl2F3N3O3S. The molecule has 0 aliphatic heterocycles. The molecule has 1 heterocycles. The zero-order valence-electron chi connectivity index (χ0n) is 18.6. The molecule has 0 saturated heterocycles. The minimum Gasteiger partial charge on any atom is -0.508 e. The van der Waals surface area contributed by atoms with E-state index in [2.05, 4.69) is 9.69 Å². The number of hydrogen-bond donors (Lipinski definition) is 2. The number of carbonyl (C=O) groups is 2. The van der Waals surface area contributed by atoms with Crippen LogP contribution in [0.15, 0.2) is 48.5 Å². The maximum absolute atomic E-state index is 13.8. The van der Waals surface area contributed by atoms with Crippen molar-refractivity contribution in [3.8, 4) is 5.75 Å². The second kappa shape index (κ2) is 10.7. The van der Waals surface area contributed by atoms with Gasteiger partial charge >= 0.3 is 6.18 Å². The molecule has 1 atom stereocenters. The van der Waals surface area contributed by atoms with Crippen LogP contribution >= 0.6 is 34.7 Å². The number of benzene rings is 2. The van der Waals surface area contributed by atoms with Gasteiger partial charge in [0, 0.05) is 11.7 Å². The van der Waals surface area contributed by atoms with E-state index in [4.69, 9.17) is 23.2 Å². The molecule has 36 heavy (non-hydrogen) atoms. The Balaban J connectivity index is 1.88. The number of amides is 2. The summed E-state index contributed by atoms with van der Waals surface area (Å²) in [5.74, 6) is -1.57. The third-order valence-corrected chi connectivity index (χ3v) is 7.50. The number of hydrogen-bond acceptors (Lipinski definition) is 5. The Hall–Kier alpha value is -2.82. The van der Waals surface area contributed by atoms with Crippen LogP contribution in [0, 0.1) is 0 Å². The molecule has 0 unspecified atom stereocenters. The summed E-state index contributed by atoms with van der Waals surface area (Å²) in [6.07, 6.45) is -1.33. The molecule has 0 radical (unpaired) electrons. The number of phenols is 1. The lowest BCUT2D eigenvalue weighted by Crippen LogP contribution is -2.46. The number of carbonyl (C=O) groups excluding carboxylic acids is 2. The van der Waals surface area contributed by atoms with E-state index in [1.165, 1.54) is 30.3 Å². The number of phenolic OH excluding ortho intramolecular Hbond substituents is 1. The van der Waals surface area contributed by atoms with E-state index in [-0.39, 0.29) is 38.1 Å². The number of nitrogens with one attached hydrogen (secondary N) is 1. The first-order valence-electron chi connectivity index (χ1n) is 11.0. The van der Waals surface area contributed by atoms with Crippen molar-refractivity contribution in [2.24, 2.45) is 0 Å². The Bertz CT molecular complexity index is 1260. The van der Waals surface area contributed by atoms with Crippen molar-refractivity contribution < 1.29 is 27.9 Å². The molecule has 0 bridgehead atoms. The molecule has 3 aromatic rings. The first-order valence-corrected chi connectivity index (χ1v) is 12.5. The average Bonchev–Trinajstić information content (AvgIpc) is 3.47. The molecule has 0 spiro atoms. The average molecular weight is 558 g/mol. The summed E-state index contributed by atoms with van der Waals surface area (Å²) < 4.78 is 44.7. The molecule has 190 valence electrons. The van der Waals surface area contributed by atoms with Crippen LogP contribution in [0.2, 0.25) is 9.36 Å². The Morgan fingerprint density at radius 1 is 1.11 bits per heavy atom. The first kappa shape index (κ1) is 26.2. The number of aromatic nitrogens is 1. The number of aromatic hydroxyl groups is 1. The topological polar surface area (TPSA) is 82.5 Å². The summed E-state index contributed by atoms with van der Waals surface area (Å²) in [7, 11) is 0. The third-order valence-electron chi connectivity index (χ3n) is 5.89. The zero-order chi connectivity index (χ0) is 26.0. The second-order valence-electron chi connectivity index (χ2n) is 8.33. The van der Waals surface area contributed by atoms with Crippen molar-refractivity contribution in [3.63, 3.8) is 0 Å². The lowest BCUT2D eigenvalue weighted by molar-refractivity contribution is -0.137. The molecule has 1 aliphatic carbocycles. The largest absolute Gasteiger partial charge is 0.508 e. The summed E-state index contributed by atoms with van der Waals surface area (Å²) in [6.45, 7) is 0. The SMILES string of the molecule is O=C(NC1CCCC1)[C@@H](c1ccc(O)cc1)N(C(=O)c1nsc(Cl)c1Cl)c1cccc(C(F)(F)F)c1. The van der Waals surface area contributed by atoms with Crippen molar-refractivity contribution in [2.75, 3.05) is 4.90 Å². The highest BCUT2D eigenvalue weighted by Gasteiger charge is 2.38. The quantitative estimate of drug-likeness (QED) is 0.356. The van der Waals surface area contributed by atoms with Gasteiger partial charge in [-0.15, -0.1) is 0 Å². The second-order valence-corrected chi connectivity index (χ2v) is 10.1. The fourth-order valence-corrected chi connectivity index (χ4v) is 5.13. The lowest BCUT2D eigenvalue weighted by Gasteiger charge is -2.32. The maximum Gasteiger partial charge on any atom is 0.416 e. The standard InChI is InChI=1S/C24H20Cl2F3N3O3S/c25-18-19(31-36-21(18)26)23(35)32(16-7-3-4-14(12-16)24(27,28)29)20(13-8-10-17(33)11-9-13)22(34)30-15-5-1-2-6-15/h3-4,7-12,15,20,33H,1-2,5-6H2,(H,30,34)/t20-/m1/s1. The van der Waals surface area contributed by atoms with Gasteiger partial charge in [-0.05, 0) is 60.3 Å². The van der Waals surface area contributed by atoms with Crippen molar-refractivity contribution >= 4 is 52.2 Å². The Morgan fingerprint density at radius 3 is 2.36 bits per heavy atom. The van der Waals surface area contributed by atoms with Crippen molar-refractivity contribution in [3.05, 3.63) is 74.7 Å². The highest BCUT2D eigenvalue weighted by Crippen LogP contribution is 2.38. The molecule has 1 fully saturated rings. The molecule has 2 aromatic carbocycles. The van der Waals surface area contributed by atoms with Crippen LogP contribution in [0.4, 0.5) is 18.9 Å². The number of nitrogens with zero attached hydrogens (tertiary/aromatic N) is 2. The van der Waals surface area contributed by atoms with E-state index in [0.717, 1.165) is 60.3 Å². The van der Waals surface area contributed by atoms with Crippen LogP contribution in [0.25, 0.3) is 0 Å². The fourth-order valence-electron chi connectivity index (χ4n) is 4.15. The van der Waals surface area contributed by atoms with Gasteiger partial charge in [-0.1, -0.05) is 54.2 Å². The summed E-state index contributed by atoms with van der Waals surface area (Å²) in [5.41, 5.74) is -1.21. The van der Waals surface area contributed by atoms with E-state index in [9.17, 15) is 27.9 Å². The molecule has 12 heteroatoms. The number of anilines is 1. The van der Waals surface area contributed by atoms with E-state index < -0.39 is 29.6 Å². The fraction of sp³-hybridized carbons (Fsp3) is 0.292. The van der Waals surface area contributed by atoms with Gasteiger partial charge in [-0.2, -0.15) is 17.5 Å². The monoisotopic (exact) mass is 557 g/mol. The minimum atomic E-state index is -4.69. The predicted octanol–water partition coefficient (Wildman–Crippen LogP) is 6.62. The van der Waals surface area contributed by atoms with Crippen molar-refractivity contribution in [1.82, 2.24) is 9.69 Å². The van der Waals surface area contributed by atoms with Crippen molar-refractivity contribution in [2.45, 2.75) is 43.9 Å². The van der Waals surface area contributed by atoms with E-state index in [0.29, 0.717) is 0 Å². The summed E-state index contributed by atoms with van der Waals surface area (Å²) in [6, 6.07) is 8.09. The number of halogens is 5. The predicted molar refractivity (Wildman–Crippen MR) is 132 cm³/mol. The van der Waals surface area contributed by atoms with E-state index in [1.807, 2.05) is 0 Å². The molecule has 2 amide bonds. The number of alkyl halides is 3. The van der Waals surface area contributed by atoms with Crippen molar-refractivity contribution in [1.29, 1.82) is 0 Å². The maximum atomic E-state index is 13.8. The third kappa shape index (κ3) is 5.61. The van der Waals surface area contributed by atoms with E-state index >= 15 is 0 Å². The minimum absolute atomic E-state index is 0.0283. The van der Waals surface area contributed by atoms with Gasteiger partial charge in [0.15, 0.2) is 5.69 Å². The van der Waals surface area contributed by atoms with Gasteiger partial charge in [-0.3, -0.25) is 14.5 Å². The van der Waals surface area contributed by atoms with Gasteiger partial charge in [0.05, 0.1) is 5.56 Å². The highest BCUT2D eigenvalue weighted by molar-refractivity contribution is 7.11. The zero-order valence-corrected chi connectivity index (χ0v) is 20.9. The van der Waals surface area contributed by atoms with Crippen LogP contribution in [0.3, 0.4) is 0 Å². The molecule has 1 aromatic heterocycles. The molecule has 2 N–H and O–H groups in total. The number of rotatable bonds is 6. The summed E-state index contributed by atoms with van der Waals surface area (Å²) in [5, 5.41) is 12.5. The van der Waals surface area contributed by atoms with Gasteiger partial charge in [0.1, 0.15) is 21.2 Å².